The number of hydrogen-bond donors (Lipinski definition) is 1. The summed E-state index contributed by atoms with van der Waals surface area (Å²) in [6.45, 7) is -0.00644. The average molecular weight is 487 g/mol. The summed E-state index contributed by atoms with van der Waals surface area (Å²) in [6.07, 6.45) is 1.24. The maximum atomic E-state index is 13.9. The molecule has 0 saturated heterocycles. The normalized spacial score (nSPS) is 10.9. The van der Waals surface area contributed by atoms with Crippen LogP contribution in [0, 0.1) is 5.82 Å². The molecule has 0 fully saturated rings. The number of carbonyl (C=O) groups excluding carboxylic acids is 1. The lowest BCUT2D eigenvalue weighted by molar-refractivity contribution is -0.116. The highest BCUT2D eigenvalue weighted by atomic mass is 79.9. The first-order valence-electron chi connectivity index (χ1n) is 9.11. The van der Waals surface area contributed by atoms with Crippen LogP contribution < -0.4 is 15.6 Å². The van der Waals surface area contributed by atoms with Crippen molar-refractivity contribution in [3.8, 4) is 5.75 Å². The fourth-order valence-electron chi connectivity index (χ4n) is 2.99. The van der Waals surface area contributed by atoms with E-state index < -0.39 is 17.3 Å². The molecule has 0 spiro atoms. The number of ether oxygens (including phenoxy) is 1. The number of nitrogens with zero attached hydrogens (tertiary/aromatic N) is 5. The topological polar surface area (TPSA) is 104 Å². The van der Waals surface area contributed by atoms with E-state index in [4.69, 9.17) is 4.74 Å². The third kappa shape index (κ3) is 4.45. The van der Waals surface area contributed by atoms with Crippen LogP contribution in [0.5, 0.6) is 5.75 Å². The number of benzene rings is 2. The first kappa shape index (κ1) is 20.7. The van der Waals surface area contributed by atoms with Crippen molar-refractivity contribution in [3.63, 3.8) is 0 Å². The zero-order valence-electron chi connectivity index (χ0n) is 16.2. The lowest BCUT2D eigenvalue weighted by atomic mass is 10.2. The molecule has 2 aromatic heterocycles. The summed E-state index contributed by atoms with van der Waals surface area (Å²) in [6, 6.07) is 11.7. The van der Waals surface area contributed by atoms with E-state index in [0.29, 0.717) is 22.4 Å². The van der Waals surface area contributed by atoms with Gasteiger partial charge in [-0.1, -0.05) is 33.3 Å². The number of aromatic nitrogens is 5. The van der Waals surface area contributed by atoms with Gasteiger partial charge < -0.3 is 10.1 Å². The number of anilines is 1. The Balaban J connectivity index is 1.54. The van der Waals surface area contributed by atoms with Crippen LogP contribution in [-0.2, 0) is 17.9 Å². The molecule has 0 aliphatic rings. The number of hydrogen-bond acceptors (Lipinski definition) is 6. The number of amides is 1. The highest BCUT2D eigenvalue weighted by Gasteiger charge is 2.15. The fourth-order valence-corrected chi connectivity index (χ4v) is 3.32. The van der Waals surface area contributed by atoms with Gasteiger partial charge >= 0.3 is 0 Å². The molecule has 4 aromatic rings. The predicted octanol–water partition coefficient (Wildman–Crippen LogP) is 2.59. The van der Waals surface area contributed by atoms with E-state index in [1.807, 2.05) is 24.3 Å². The summed E-state index contributed by atoms with van der Waals surface area (Å²) in [5.41, 5.74) is 0.720. The highest BCUT2D eigenvalue weighted by molar-refractivity contribution is 9.10. The van der Waals surface area contributed by atoms with E-state index in [-0.39, 0.29) is 17.7 Å². The molecule has 0 radical (unpaired) electrons. The standard InChI is InChI=1S/C20H16BrFN6O3/c1-31-14-4-2-3-12(7-14)9-28-19-18(25-26-28)20(30)27(11-23-19)10-17(29)24-16-6-5-13(21)8-15(16)22/h2-8,11H,9-10H2,1H3,(H,24,29). The molecule has 31 heavy (non-hydrogen) atoms. The molecule has 2 aromatic carbocycles. The number of rotatable bonds is 6. The number of halogens is 2. The molecule has 0 atom stereocenters. The Kier molecular flexibility index (Phi) is 5.76. The Labute approximate surface area is 183 Å². The van der Waals surface area contributed by atoms with Crippen molar-refractivity contribution < 1.29 is 13.9 Å². The smallest absolute Gasteiger partial charge is 0.283 e. The van der Waals surface area contributed by atoms with Crippen LogP contribution in [0.3, 0.4) is 0 Å². The second-order valence-electron chi connectivity index (χ2n) is 6.62. The number of fused-ring (bicyclic) bond motifs is 1. The van der Waals surface area contributed by atoms with Gasteiger partial charge in [-0.15, -0.1) is 5.10 Å². The third-order valence-electron chi connectivity index (χ3n) is 4.48. The Bertz CT molecular complexity index is 1340. The molecule has 0 aliphatic carbocycles. The van der Waals surface area contributed by atoms with Crippen LogP contribution in [-0.4, -0.2) is 37.6 Å². The van der Waals surface area contributed by atoms with Gasteiger partial charge in [-0.2, -0.15) is 0 Å². The average Bonchev–Trinajstić information content (AvgIpc) is 3.16. The van der Waals surface area contributed by atoms with E-state index in [1.54, 1.807) is 13.2 Å². The lowest BCUT2D eigenvalue weighted by Crippen LogP contribution is -2.28. The van der Waals surface area contributed by atoms with Gasteiger partial charge in [-0.05, 0) is 35.9 Å². The molecular formula is C20H16BrFN6O3. The van der Waals surface area contributed by atoms with Gasteiger partial charge in [0.25, 0.3) is 5.56 Å². The number of carbonyl (C=O) groups is 1. The molecule has 11 heteroatoms. The van der Waals surface area contributed by atoms with Gasteiger partial charge in [-0.3, -0.25) is 14.2 Å². The molecule has 2 heterocycles. The summed E-state index contributed by atoms with van der Waals surface area (Å²) in [5.74, 6) is -0.470. The highest BCUT2D eigenvalue weighted by Crippen LogP contribution is 2.19. The van der Waals surface area contributed by atoms with E-state index in [9.17, 15) is 14.0 Å². The lowest BCUT2D eigenvalue weighted by Gasteiger charge is -2.08. The van der Waals surface area contributed by atoms with Gasteiger partial charge in [0.05, 0.1) is 19.3 Å². The zero-order chi connectivity index (χ0) is 22.0. The van der Waals surface area contributed by atoms with Crippen LogP contribution in [0.15, 0.2) is 58.1 Å². The maximum Gasteiger partial charge on any atom is 0.283 e. The summed E-state index contributed by atoms with van der Waals surface area (Å²) in [5, 5.41) is 10.4. The van der Waals surface area contributed by atoms with Crippen molar-refractivity contribution in [2.45, 2.75) is 13.1 Å². The largest absolute Gasteiger partial charge is 0.497 e. The second kappa shape index (κ2) is 8.64. The molecular weight excluding hydrogens is 471 g/mol. The summed E-state index contributed by atoms with van der Waals surface area (Å²) in [7, 11) is 1.58. The maximum absolute atomic E-state index is 13.9. The van der Waals surface area contributed by atoms with Crippen molar-refractivity contribution in [1.82, 2.24) is 24.5 Å². The van der Waals surface area contributed by atoms with E-state index in [0.717, 1.165) is 10.1 Å². The van der Waals surface area contributed by atoms with Gasteiger partial charge in [0.2, 0.25) is 5.91 Å². The minimum Gasteiger partial charge on any atom is -0.497 e. The van der Waals surface area contributed by atoms with Gasteiger partial charge in [0.1, 0.15) is 24.4 Å². The van der Waals surface area contributed by atoms with Gasteiger partial charge in [-0.25, -0.2) is 14.1 Å². The third-order valence-corrected chi connectivity index (χ3v) is 4.97. The SMILES string of the molecule is COc1cccc(Cn2nnc3c(=O)n(CC(=O)Nc4ccc(Br)cc4F)cnc32)c1. The minimum atomic E-state index is -0.593. The molecule has 0 saturated carbocycles. The van der Waals surface area contributed by atoms with E-state index in [2.05, 4.69) is 36.5 Å². The van der Waals surface area contributed by atoms with Gasteiger partial charge in [0, 0.05) is 4.47 Å². The number of nitrogens with one attached hydrogen (secondary N) is 1. The summed E-state index contributed by atoms with van der Waals surface area (Å²) in [4.78, 5) is 29.2. The Morgan fingerprint density at radius 1 is 1.26 bits per heavy atom. The van der Waals surface area contributed by atoms with Crippen LogP contribution in [0.25, 0.3) is 11.2 Å². The molecule has 1 N–H and O–H groups in total. The number of methoxy groups -OCH3 is 1. The van der Waals surface area contributed by atoms with Gasteiger partial charge in [0.15, 0.2) is 11.2 Å². The van der Waals surface area contributed by atoms with Crippen molar-refractivity contribution in [2.75, 3.05) is 12.4 Å². The van der Waals surface area contributed by atoms with Crippen LogP contribution >= 0.6 is 15.9 Å². The van der Waals surface area contributed by atoms with Crippen molar-refractivity contribution >= 4 is 38.7 Å². The monoisotopic (exact) mass is 486 g/mol. The van der Waals surface area contributed by atoms with Crippen LogP contribution in [0.2, 0.25) is 0 Å². The zero-order valence-corrected chi connectivity index (χ0v) is 17.8. The molecule has 1 amide bonds. The van der Waals surface area contributed by atoms with Crippen molar-refractivity contribution in [2.24, 2.45) is 0 Å². The van der Waals surface area contributed by atoms with E-state index >= 15 is 0 Å². The summed E-state index contributed by atoms with van der Waals surface area (Å²) >= 11 is 3.15. The molecule has 158 valence electrons. The molecule has 4 rings (SSSR count). The van der Waals surface area contributed by atoms with Crippen molar-refractivity contribution in [1.29, 1.82) is 0 Å². The molecule has 9 nitrogen and oxygen atoms in total. The Morgan fingerprint density at radius 3 is 2.87 bits per heavy atom. The summed E-state index contributed by atoms with van der Waals surface area (Å²) < 4.78 is 22.3. The predicted molar refractivity (Wildman–Crippen MR) is 114 cm³/mol. The molecule has 0 bridgehead atoms. The second-order valence-corrected chi connectivity index (χ2v) is 7.54. The molecule has 0 aliphatic heterocycles. The fraction of sp³-hybridized carbons (Fsp3) is 0.150. The molecule has 0 unspecified atom stereocenters. The quantitative estimate of drug-likeness (QED) is 0.449. The Morgan fingerprint density at radius 2 is 2.10 bits per heavy atom. The van der Waals surface area contributed by atoms with Crippen LogP contribution in [0.4, 0.5) is 10.1 Å². The van der Waals surface area contributed by atoms with Crippen molar-refractivity contribution in [3.05, 3.63) is 75.0 Å². The first-order valence-corrected chi connectivity index (χ1v) is 9.90. The Hall–Kier alpha value is -3.60. The van der Waals surface area contributed by atoms with Crippen LogP contribution in [0.1, 0.15) is 5.56 Å². The minimum absolute atomic E-state index is 0.0134. The first-order chi connectivity index (χ1) is 14.9. The van der Waals surface area contributed by atoms with E-state index in [1.165, 1.54) is 23.1 Å².